The van der Waals surface area contributed by atoms with Crippen LogP contribution >= 0.6 is 0 Å². The molecule has 0 spiro atoms. The van der Waals surface area contributed by atoms with E-state index in [0.717, 1.165) is 28.6 Å². The number of ether oxygens (including phenoxy) is 1. The summed E-state index contributed by atoms with van der Waals surface area (Å²) in [7, 11) is 4.09. The Bertz CT molecular complexity index is 815. The Balaban J connectivity index is 0.00000225. The normalized spacial score (nSPS) is 12.0. The van der Waals surface area contributed by atoms with E-state index < -0.39 is 5.92 Å². The summed E-state index contributed by atoms with van der Waals surface area (Å²) in [5.74, 6) is -0.619. The van der Waals surface area contributed by atoms with Crippen LogP contribution in [0.4, 0.5) is 0 Å². The van der Waals surface area contributed by atoms with Crippen LogP contribution in [0, 0.1) is 0 Å². The minimum Gasteiger partial charge on any atom is -1.00 e. The van der Waals surface area contributed by atoms with Gasteiger partial charge in [0.2, 0.25) is 0 Å². The van der Waals surface area contributed by atoms with Crippen molar-refractivity contribution in [3.05, 3.63) is 71.9 Å². The summed E-state index contributed by atoms with van der Waals surface area (Å²) in [6.07, 6.45) is 1.92. The molecule has 1 unspecified atom stereocenters. The molecule has 0 fully saturated rings. The molecule has 4 nitrogen and oxygen atoms in total. The average molecular weight is 359 g/mol. The third-order valence-corrected chi connectivity index (χ3v) is 4.15. The number of halogens is 1. The second-order valence-electron chi connectivity index (χ2n) is 6.26. The lowest BCUT2D eigenvalue weighted by molar-refractivity contribution is -0.858. The number of aromatic amines is 1. The van der Waals surface area contributed by atoms with Crippen LogP contribution in [-0.2, 0) is 9.53 Å². The summed E-state index contributed by atoms with van der Waals surface area (Å²) < 4.78 is 5.57. The van der Waals surface area contributed by atoms with Gasteiger partial charge in [0.1, 0.15) is 19.1 Å². The number of likely N-dealkylation sites (N-methyl/N-ethyl adjacent to an activating group) is 1. The number of carbonyl (C=O) groups excluding carboxylic acids is 1. The first-order valence-corrected chi connectivity index (χ1v) is 8.23. The highest BCUT2D eigenvalue weighted by Crippen LogP contribution is 2.31. The number of aromatic nitrogens is 1. The van der Waals surface area contributed by atoms with E-state index in [1.807, 2.05) is 74.9 Å². The van der Waals surface area contributed by atoms with E-state index in [1.54, 1.807) is 0 Å². The maximum absolute atomic E-state index is 12.8. The Hall–Kier alpha value is -2.30. The number of hydrogen-bond donors (Lipinski definition) is 2. The van der Waals surface area contributed by atoms with Crippen LogP contribution in [0.1, 0.15) is 17.0 Å². The van der Waals surface area contributed by atoms with Crippen LogP contribution in [0.5, 0.6) is 0 Å². The molecule has 2 N–H and O–H groups in total. The second kappa shape index (κ2) is 8.70. The maximum atomic E-state index is 12.8. The zero-order valence-electron chi connectivity index (χ0n) is 14.5. The number of carbonyl (C=O) groups is 1. The SMILES string of the molecule is C[NH+](C)CCOC(=O)C(c1ccccc1)c1c[nH]c2ccccc12.[Cl-]. The van der Waals surface area contributed by atoms with Gasteiger partial charge < -0.3 is 27.0 Å². The van der Waals surface area contributed by atoms with E-state index in [2.05, 4.69) is 4.98 Å². The summed E-state index contributed by atoms with van der Waals surface area (Å²) >= 11 is 0. The van der Waals surface area contributed by atoms with Crippen molar-refractivity contribution < 1.29 is 26.8 Å². The molecule has 0 radical (unpaired) electrons. The molecule has 0 saturated heterocycles. The summed E-state index contributed by atoms with van der Waals surface area (Å²) in [6, 6.07) is 17.8. The molecule has 1 aromatic heterocycles. The third kappa shape index (κ3) is 4.41. The molecule has 0 aliphatic rings. The van der Waals surface area contributed by atoms with Crippen LogP contribution < -0.4 is 17.3 Å². The maximum Gasteiger partial charge on any atom is 0.318 e. The Kier molecular flexibility index (Phi) is 6.62. The largest absolute Gasteiger partial charge is 1.00 e. The third-order valence-electron chi connectivity index (χ3n) is 4.15. The van der Waals surface area contributed by atoms with Crippen molar-refractivity contribution in [2.75, 3.05) is 27.2 Å². The fourth-order valence-corrected chi connectivity index (χ4v) is 2.86. The summed E-state index contributed by atoms with van der Waals surface area (Å²) in [5, 5.41) is 1.06. The van der Waals surface area contributed by atoms with E-state index in [4.69, 9.17) is 4.74 Å². The number of quaternary nitrogens is 1. The predicted octanol–water partition coefficient (Wildman–Crippen LogP) is -1.01. The molecule has 0 aliphatic carbocycles. The van der Waals surface area contributed by atoms with Crippen molar-refractivity contribution in [3.63, 3.8) is 0 Å². The molecule has 25 heavy (non-hydrogen) atoms. The number of esters is 1. The van der Waals surface area contributed by atoms with Crippen LogP contribution in [0.2, 0.25) is 0 Å². The molecular weight excluding hydrogens is 336 g/mol. The number of fused-ring (bicyclic) bond motifs is 1. The lowest BCUT2D eigenvalue weighted by Gasteiger charge is -2.17. The molecule has 3 aromatic rings. The molecule has 5 heteroatoms. The van der Waals surface area contributed by atoms with Gasteiger partial charge in [0.15, 0.2) is 0 Å². The molecule has 2 aromatic carbocycles. The van der Waals surface area contributed by atoms with Crippen molar-refractivity contribution in [2.45, 2.75) is 5.92 Å². The van der Waals surface area contributed by atoms with Gasteiger partial charge in [-0.15, -0.1) is 0 Å². The monoisotopic (exact) mass is 358 g/mol. The van der Waals surface area contributed by atoms with Crippen LogP contribution in [-0.4, -0.2) is 38.2 Å². The Morgan fingerprint density at radius 3 is 2.48 bits per heavy atom. The van der Waals surface area contributed by atoms with Gasteiger partial charge in [0.25, 0.3) is 0 Å². The molecule has 1 heterocycles. The first-order valence-electron chi connectivity index (χ1n) is 8.23. The highest BCUT2D eigenvalue weighted by molar-refractivity contribution is 5.92. The standard InChI is InChI=1S/C20H22N2O2.ClH/c1-22(2)12-13-24-20(23)19(15-8-4-3-5-9-15)17-14-21-18-11-7-6-10-16(17)18;/h3-11,14,19,21H,12-13H2,1-2H3;1H. The number of para-hydroxylation sites is 1. The first-order chi connectivity index (χ1) is 11.7. The van der Waals surface area contributed by atoms with Gasteiger partial charge in [0.05, 0.1) is 14.1 Å². The van der Waals surface area contributed by atoms with Gasteiger partial charge in [-0.25, -0.2) is 0 Å². The molecular formula is C20H23ClN2O2. The van der Waals surface area contributed by atoms with Crippen molar-refractivity contribution in [3.8, 4) is 0 Å². The second-order valence-corrected chi connectivity index (χ2v) is 6.26. The van der Waals surface area contributed by atoms with Gasteiger partial charge in [-0.05, 0) is 17.2 Å². The minimum absolute atomic E-state index is 0. The highest BCUT2D eigenvalue weighted by atomic mass is 35.5. The zero-order chi connectivity index (χ0) is 16.9. The Labute approximate surface area is 154 Å². The fraction of sp³-hybridized carbons (Fsp3) is 0.250. The summed E-state index contributed by atoms with van der Waals surface area (Å²) in [4.78, 5) is 17.3. The van der Waals surface area contributed by atoms with Gasteiger partial charge in [-0.3, -0.25) is 4.79 Å². The van der Waals surface area contributed by atoms with Gasteiger partial charge in [-0.2, -0.15) is 0 Å². The van der Waals surface area contributed by atoms with Gasteiger partial charge >= 0.3 is 5.97 Å². The average Bonchev–Trinajstić information content (AvgIpc) is 3.00. The van der Waals surface area contributed by atoms with Crippen molar-refractivity contribution >= 4 is 16.9 Å². The molecule has 3 rings (SSSR count). The molecule has 0 bridgehead atoms. The highest BCUT2D eigenvalue weighted by Gasteiger charge is 2.26. The van der Waals surface area contributed by atoms with Crippen molar-refractivity contribution in [1.29, 1.82) is 0 Å². The zero-order valence-corrected chi connectivity index (χ0v) is 15.2. The van der Waals surface area contributed by atoms with Crippen LogP contribution in [0.15, 0.2) is 60.8 Å². The first kappa shape index (κ1) is 19.0. The van der Waals surface area contributed by atoms with E-state index in [1.165, 1.54) is 4.90 Å². The smallest absolute Gasteiger partial charge is 0.318 e. The van der Waals surface area contributed by atoms with Crippen molar-refractivity contribution in [2.24, 2.45) is 0 Å². The fourth-order valence-electron chi connectivity index (χ4n) is 2.86. The lowest BCUT2D eigenvalue weighted by Crippen LogP contribution is -3.06. The quantitative estimate of drug-likeness (QED) is 0.555. The number of hydrogen-bond acceptors (Lipinski definition) is 2. The Morgan fingerprint density at radius 1 is 1.08 bits per heavy atom. The lowest BCUT2D eigenvalue weighted by atomic mass is 9.91. The van der Waals surface area contributed by atoms with E-state index >= 15 is 0 Å². The van der Waals surface area contributed by atoms with E-state index in [0.29, 0.717) is 6.61 Å². The Morgan fingerprint density at radius 2 is 1.76 bits per heavy atom. The molecule has 0 amide bonds. The predicted molar refractivity (Wildman–Crippen MR) is 95.2 cm³/mol. The molecule has 0 saturated carbocycles. The van der Waals surface area contributed by atoms with Crippen molar-refractivity contribution in [1.82, 2.24) is 4.98 Å². The van der Waals surface area contributed by atoms with Crippen LogP contribution in [0.3, 0.4) is 0 Å². The minimum atomic E-state index is -0.417. The van der Waals surface area contributed by atoms with E-state index in [-0.39, 0.29) is 18.4 Å². The molecule has 132 valence electrons. The topological polar surface area (TPSA) is 46.5 Å². The summed E-state index contributed by atoms with van der Waals surface area (Å²) in [6.45, 7) is 1.22. The molecule has 0 aliphatic heterocycles. The van der Waals surface area contributed by atoms with Crippen LogP contribution in [0.25, 0.3) is 10.9 Å². The number of rotatable bonds is 6. The summed E-state index contributed by atoms with van der Waals surface area (Å²) in [5.41, 5.74) is 2.93. The number of benzene rings is 2. The van der Waals surface area contributed by atoms with E-state index in [9.17, 15) is 4.79 Å². The van der Waals surface area contributed by atoms with Gasteiger partial charge in [-0.1, -0.05) is 48.5 Å². The number of nitrogens with one attached hydrogen (secondary N) is 2. The molecule has 1 atom stereocenters. The number of H-pyrrole nitrogens is 1. The van der Waals surface area contributed by atoms with Gasteiger partial charge in [0, 0.05) is 17.1 Å².